The van der Waals surface area contributed by atoms with Crippen molar-refractivity contribution in [1.29, 1.82) is 5.26 Å². The molecule has 0 fully saturated rings. The van der Waals surface area contributed by atoms with E-state index in [0.717, 1.165) is 5.56 Å². The van der Waals surface area contributed by atoms with Gasteiger partial charge in [0.25, 0.3) is 0 Å². The van der Waals surface area contributed by atoms with Gasteiger partial charge >= 0.3 is 0 Å². The first-order chi connectivity index (χ1) is 11.0. The highest BCUT2D eigenvalue weighted by Gasteiger charge is 2.25. The predicted octanol–water partition coefficient (Wildman–Crippen LogP) is 3.75. The van der Waals surface area contributed by atoms with Crippen molar-refractivity contribution >= 4 is 50.2 Å². The van der Waals surface area contributed by atoms with Crippen molar-refractivity contribution in [3.05, 3.63) is 38.4 Å². The van der Waals surface area contributed by atoms with Gasteiger partial charge in [-0.1, -0.05) is 19.9 Å². The van der Waals surface area contributed by atoms with Crippen LogP contribution in [0.3, 0.4) is 0 Å². The Balaban J connectivity index is 2.34. The molecule has 0 atom stereocenters. The maximum Gasteiger partial charge on any atom is 0.215 e. The quantitative estimate of drug-likeness (QED) is 0.705. The molecule has 0 bridgehead atoms. The lowest BCUT2D eigenvalue weighted by Crippen LogP contribution is -2.04. The molecule has 0 amide bonds. The molecule has 23 heavy (non-hydrogen) atoms. The molecule has 0 aromatic carbocycles. The fraction of sp³-hybridized carbons (Fsp3) is 0.188. The molecule has 0 aliphatic heterocycles. The van der Waals surface area contributed by atoms with E-state index >= 15 is 0 Å². The summed E-state index contributed by atoms with van der Waals surface area (Å²) >= 11 is 2.60. The number of fused-ring (bicyclic) bond motifs is 1. The van der Waals surface area contributed by atoms with Crippen LogP contribution in [0.15, 0.2) is 17.5 Å². The Bertz CT molecular complexity index is 949. The monoisotopic (exact) mass is 342 g/mol. The second kappa shape index (κ2) is 5.65. The summed E-state index contributed by atoms with van der Waals surface area (Å²) in [6.45, 7) is 3.93. The van der Waals surface area contributed by atoms with Crippen LogP contribution in [-0.4, -0.2) is 10.8 Å². The molecule has 3 heterocycles. The molecule has 0 saturated heterocycles. The molecule has 3 aromatic heterocycles. The number of hydrogen-bond acceptors (Lipinski definition) is 7. The molecule has 0 aliphatic rings. The Morgan fingerprint density at radius 3 is 2.70 bits per heavy atom. The standard InChI is InChI=1S/C16H14N4OS2/c1-7(2)10-8(6-17)15(19)20-16-11(10)12(18)14(23-16)13(21)9-4-3-5-22-9/h3-5,7H,18H2,1-2H3,(H2,19,20). The third-order valence-electron chi connectivity index (χ3n) is 3.58. The van der Waals surface area contributed by atoms with Crippen molar-refractivity contribution in [1.82, 2.24) is 4.98 Å². The minimum absolute atomic E-state index is 0.0408. The third-order valence-corrected chi connectivity index (χ3v) is 5.55. The SMILES string of the molecule is CC(C)c1c(C#N)c(N)nc2sc(C(=O)c3cccs3)c(N)c12. The summed E-state index contributed by atoms with van der Waals surface area (Å²) in [6, 6.07) is 5.70. The lowest BCUT2D eigenvalue weighted by atomic mass is 9.94. The fourth-order valence-corrected chi connectivity index (χ4v) is 4.39. The van der Waals surface area contributed by atoms with Crippen LogP contribution in [0.2, 0.25) is 0 Å². The molecule has 0 aliphatic carbocycles. The first-order valence-corrected chi connectivity index (χ1v) is 8.65. The van der Waals surface area contributed by atoms with Crippen LogP contribution in [0, 0.1) is 11.3 Å². The van der Waals surface area contributed by atoms with Gasteiger partial charge in [0.15, 0.2) is 0 Å². The number of hydrogen-bond donors (Lipinski definition) is 2. The summed E-state index contributed by atoms with van der Waals surface area (Å²) < 4.78 is 0. The van der Waals surface area contributed by atoms with Gasteiger partial charge in [-0.05, 0) is 22.9 Å². The Morgan fingerprint density at radius 1 is 1.39 bits per heavy atom. The van der Waals surface area contributed by atoms with Crippen LogP contribution in [-0.2, 0) is 0 Å². The van der Waals surface area contributed by atoms with E-state index in [0.29, 0.717) is 31.2 Å². The smallest absolute Gasteiger partial charge is 0.215 e. The Labute approximate surface area is 141 Å². The molecule has 0 unspecified atom stereocenters. The zero-order valence-electron chi connectivity index (χ0n) is 12.6. The summed E-state index contributed by atoms with van der Waals surface area (Å²) in [5.74, 6) is 0.103. The van der Waals surface area contributed by atoms with Crippen LogP contribution in [0.5, 0.6) is 0 Å². The highest BCUT2D eigenvalue weighted by Crippen LogP contribution is 2.41. The first-order valence-electron chi connectivity index (χ1n) is 6.95. The van der Waals surface area contributed by atoms with Gasteiger partial charge in [0, 0.05) is 5.39 Å². The minimum Gasteiger partial charge on any atom is -0.397 e. The molecule has 7 heteroatoms. The van der Waals surface area contributed by atoms with E-state index in [1.54, 1.807) is 6.07 Å². The van der Waals surface area contributed by atoms with Gasteiger partial charge in [-0.3, -0.25) is 4.79 Å². The predicted molar refractivity (Wildman–Crippen MR) is 95.0 cm³/mol. The van der Waals surface area contributed by atoms with E-state index in [1.807, 2.05) is 25.3 Å². The lowest BCUT2D eigenvalue weighted by Gasteiger charge is -2.12. The van der Waals surface area contributed by atoms with Crippen molar-refractivity contribution in [2.45, 2.75) is 19.8 Å². The van der Waals surface area contributed by atoms with Gasteiger partial charge in [-0.2, -0.15) is 5.26 Å². The Kier molecular flexibility index (Phi) is 3.80. The highest BCUT2D eigenvalue weighted by atomic mass is 32.1. The number of thiophene rings is 2. The molecule has 0 spiro atoms. The van der Waals surface area contributed by atoms with E-state index < -0.39 is 0 Å². The molecule has 5 nitrogen and oxygen atoms in total. The highest BCUT2D eigenvalue weighted by molar-refractivity contribution is 7.22. The van der Waals surface area contributed by atoms with Crippen LogP contribution in [0.1, 0.15) is 45.4 Å². The van der Waals surface area contributed by atoms with Crippen LogP contribution < -0.4 is 11.5 Å². The molecular weight excluding hydrogens is 328 g/mol. The van der Waals surface area contributed by atoms with Gasteiger partial charge in [0.1, 0.15) is 21.6 Å². The van der Waals surface area contributed by atoms with E-state index in [4.69, 9.17) is 11.5 Å². The number of carbonyl (C=O) groups excluding carboxylic acids is 1. The van der Waals surface area contributed by atoms with Crippen molar-refractivity contribution < 1.29 is 4.79 Å². The molecule has 3 aromatic rings. The third kappa shape index (κ3) is 2.36. The number of carbonyl (C=O) groups is 1. The van der Waals surface area contributed by atoms with Crippen molar-refractivity contribution in [2.24, 2.45) is 0 Å². The van der Waals surface area contributed by atoms with Gasteiger partial charge in [-0.15, -0.1) is 22.7 Å². The number of nitriles is 1. The van der Waals surface area contributed by atoms with Gasteiger partial charge in [0.05, 0.1) is 16.1 Å². The normalized spacial score (nSPS) is 11.0. The lowest BCUT2D eigenvalue weighted by molar-refractivity contribution is 0.104. The van der Waals surface area contributed by atoms with Crippen LogP contribution >= 0.6 is 22.7 Å². The molecule has 0 radical (unpaired) electrons. The summed E-state index contributed by atoms with van der Waals surface area (Å²) in [7, 11) is 0. The number of nitrogens with two attached hydrogens (primary N) is 2. The van der Waals surface area contributed by atoms with Gasteiger partial charge in [-0.25, -0.2) is 4.98 Å². The van der Waals surface area contributed by atoms with Gasteiger partial charge in [0.2, 0.25) is 5.78 Å². The van der Waals surface area contributed by atoms with E-state index in [9.17, 15) is 10.1 Å². The minimum atomic E-state index is -0.118. The maximum atomic E-state index is 12.6. The second-order valence-electron chi connectivity index (χ2n) is 5.38. The molecule has 0 saturated carbocycles. The van der Waals surface area contributed by atoms with Gasteiger partial charge < -0.3 is 11.5 Å². The average Bonchev–Trinajstić information content (AvgIpc) is 3.14. The topological polar surface area (TPSA) is 106 Å². The van der Waals surface area contributed by atoms with E-state index in [2.05, 4.69) is 11.1 Å². The molecule has 4 N–H and O–H groups in total. The van der Waals surface area contributed by atoms with Crippen molar-refractivity contribution in [2.75, 3.05) is 11.5 Å². The average molecular weight is 342 g/mol. The second-order valence-corrected chi connectivity index (χ2v) is 7.33. The zero-order chi connectivity index (χ0) is 16.7. The number of nitrogen functional groups attached to an aromatic ring is 2. The largest absolute Gasteiger partial charge is 0.397 e. The van der Waals surface area contributed by atoms with Crippen LogP contribution in [0.4, 0.5) is 11.5 Å². The number of aromatic nitrogens is 1. The van der Waals surface area contributed by atoms with E-state index in [-0.39, 0.29) is 17.5 Å². The van der Waals surface area contributed by atoms with Crippen molar-refractivity contribution in [3.8, 4) is 6.07 Å². The molecule has 3 rings (SSSR count). The van der Waals surface area contributed by atoms with E-state index in [1.165, 1.54) is 22.7 Å². The summed E-state index contributed by atoms with van der Waals surface area (Å²) in [5, 5.41) is 11.9. The summed E-state index contributed by atoms with van der Waals surface area (Å²) in [5.41, 5.74) is 13.7. The Morgan fingerprint density at radius 2 is 2.13 bits per heavy atom. The number of anilines is 2. The molecular formula is C16H14N4OS2. The first kappa shape index (κ1) is 15.5. The zero-order valence-corrected chi connectivity index (χ0v) is 14.2. The number of nitrogens with zero attached hydrogens (tertiary/aromatic N) is 2. The Hall–Kier alpha value is -2.43. The fourth-order valence-electron chi connectivity index (χ4n) is 2.58. The number of rotatable bonds is 3. The molecule has 116 valence electrons. The number of ketones is 1. The maximum absolute atomic E-state index is 12.6. The number of pyridine rings is 1. The van der Waals surface area contributed by atoms with Crippen LogP contribution in [0.25, 0.3) is 10.2 Å². The summed E-state index contributed by atoms with van der Waals surface area (Å²) in [6.07, 6.45) is 0. The van der Waals surface area contributed by atoms with Crippen molar-refractivity contribution in [3.63, 3.8) is 0 Å². The summed E-state index contributed by atoms with van der Waals surface area (Å²) in [4.78, 5) is 18.6.